The Kier molecular flexibility index (Phi) is 5.69. The molecule has 1 aliphatic rings. The second kappa shape index (κ2) is 7.99. The second-order valence-electron chi connectivity index (χ2n) is 7.11. The average Bonchev–Trinajstić information content (AvgIpc) is 3.04. The van der Waals surface area contributed by atoms with Crippen LogP contribution in [0.3, 0.4) is 0 Å². The van der Waals surface area contributed by atoms with Gasteiger partial charge in [-0.25, -0.2) is 0 Å². The first-order valence-corrected chi connectivity index (χ1v) is 9.45. The van der Waals surface area contributed by atoms with Crippen molar-refractivity contribution >= 4 is 23.8 Å². The highest BCUT2D eigenvalue weighted by molar-refractivity contribution is 7.71. The summed E-state index contributed by atoms with van der Waals surface area (Å²) < 4.78 is 2.69. The number of H-pyrrole nitrogens is 1. The zero-order chi connectivity index (χ0) is 19.6. The van der Waals surface area contributed by atoms with Crippen molar-refractivity contribution in [2.24, 2.45) is 0 Å². The van der Waals surface area contributed by atoms with E-state index in [1.54, 1.807) is 12.1 Å². The molecule has 8 nitrogen and oxygen atoms in total. The molecular formula is C18H23N5O3S. The Bertz CT molecular complexity index is 879. The number of amides is 1. The number of nitrogens with one attached hydrogen (secondary N) is 1. The molecule has 1 aromatic heterocycles. The molecule has 0 aliphatic carbocycles. The molecular weight excluding hydrogens is 366 g/mol. The normalized spacial score (nSPS) is 15.3. The molecule has 2 aromatic rings. The van der Waals surface area contributed by atoms with Gasteiger partial charge in [0.15, 0.2) is 4.77 Å². The first-order valence-electron chi connectivity index (χ1n) is 9.04. The molecule has 3 rings (SSSR count). The van der Waals surface area contributed by atoms with Crippen molar-refractivity contribution < 1.29 is 9.72 Å². The lowest BCUT2D eigenvalue weighted by molar-refractivity contribution is -0.384. The SMILES string of the molecule is CC(C)n1c(C2CCN(C(=O)Cc3ccc([N+](=O)[O-])cc3)CC2)n[nH]c1=S. The first-order chi connectivity index (χ1) is 12.9. The van der Waals surface area contributed by atoms with E-state index < -0.39 is 4.92 Å². The number of carbonyl (C=O) groups excluding carboxylic acids is 1. The van der Waals surface area contributed by atoms with E-state index in [-0.39, 0.29) is 30.0 Å². The van der Waals surface area contributed by atoms with E-state index in [0.717, 1.165) is 24.2 Å². The minimum absolute atomic E-state index is 0.0329. The summed E-state index contributed by atoms with van der Waals surface area (Å²) >= 11 is 5.32. The zero-order valence-corrected chi connectivity index (χ0v) is 16.2. The molecule has 1 amide bonds. The third-order valence-electron chi connectivity index (χ3n) is 4.96. The lowest BCUT2D eigenvalue weighted by Crippen LogP contribution is -2.39. The fourth-order valence-electron chi connectivity index (χ4n) is 3.51. The Morgan fingerprint density at radius 3 is 2.52 bits per heavy atom. The fourth-order valence-corrected chi connectivity index (χ4v) is 3.86. The number of hydrogen-bond donors (Lipinski definition) is 1. The summed E-state index contributed by atoms with van der Waals surface area (Å²) in [6, 6.07) is 6.40. The Labute approximate surface area is 162 Å². The molecule has 0 atom stereocenters. The number of nitro benzene ring substituents is 1. The van der Waals surface area contributed by atoms with E-state index in [1.807, 2.05) is 9.47 Å². The van der Waals surface area contributed by atoms with Crippen LogP contribution in [-0.2, 0) is 11.2 Å². The van der Waals surface area contributed by atoms with E-state index in [1.165, 1.54) is 12.1 Å². The van der Waals surface area contributed by atoms with Gasteiger partial charge in [0.2, 0.25) is 5.91 Å². The fraction of sp³-hybridized carbons (Fsp3) is 0.500. The monoisotopic (exact) mass is 389 g/mol. The minimum Gasteiger partial charge on any atom is -0.342 e. The van der Waals surface area contributed by atoms with Crippen LogP contribution in [0.15, 0.2) is 24.3 Å². The van der Waals surface area contributed by atoms with Gasteiger partial charge in [0, 0.05) is 37.2 Å². The summed E-state index contributed by atoms with van der Waals surface area (Å²) in [6.07, 6.45) is 1.95. The second-order valence-corrected chi connectivity index (χ2v) is 7.49. The van der Waals surface area contributed by atoms with E-state index in [0.29, 0.717) is 17.9 Å². The van der Waals surface area contributed by atoms with E-state index in [9.17, 15) is 14.9 Å². The number of aromatic amines is 1. The summed E-state index contributed by atoms with van der Waals surface area (Å²) in [7, 11) is 0. The third-order valence-corrected chi connectivity index (χ3v) is 5.25. The lowest BCUT2D eigenvalue weighted by Gasteiger charge is -2.32. The number of hydrogen-bond acceptors (Lipinski definition) is 5. The van der Waals surface area contributed by atoms with Crippen LogP contribution in [0.5, 0.6) is 0 Å². The van der Waals surface area contributed by atoms with Crippen LogP contribution in [-0.4, -0.2) is 43.6 Å². The molecule has 0 saturated carbocycles. The van der Waals surface area contributed by atoms with Gasteiger partial charge in [-0.1, -0.05) is 12.1 Å². The number of piperidine rings is 1. The van der Waals surface area contributed by atoms with Gasteiger partial charge >= 0.3 is 0 Å². The number of nitrogens with zero attached hydrogens (tertiary/aromatic N) is 4. The Morgan fingerprint density at radius 1 is 1.33 bits per heavy atom. The van der Waals surface area contributed by atoms with Crippen LogP contribution in [0, 0.1) is 14.9 Å². The Morgan fingerprint density at radius 2 is 1.96 bits per heavy atom. The first kappa shape index (κ1) is 19.2. The molecule has 0 radical (unpaired) electrons. The van der Waals surface area contributed by atoms with Gasteiger partial charge in [0.05, 0.1) is 11.3 Å². The highest BCUT2D eigenvalue weighted by atomic mass is 32.1. The summed E-state index contributed by atoms with van der Waals surface area (Å²) in [4.78, 5) is 24.7. The van der Waals surface area contributed by atoms with Gasteiger partial charge in [-0.15, -0.1) is 0 Å². The lowest BCUT2D eigenvalue weighted by atomic mass is 9.95. The van der Waals surface area contributed by atoms with Gasteiger partial charge in [-0.3, -0.25) is 20.0 Å². The number of likely N-dealkylation sites (tertiary alicyclic amines) is 1. The van der Waals surface area contributed by atoms with Gasteiger partial charge in [0.1, 0.15) is 5.82 Å². The van der Waals surface area contributed by atoms with Crippen LogP contribution < -0.4 is 0 Å². The van der Waals surface area contributed by atoms with Crippen LogP contribution in [0.2, 0.25) is 0 Å². The van der Waals surface area contributed by atoms with Crippen LogP contribution in [0.4, 0.5) is 5.69 Å². The van der Waals surface area contributed by atoms with E-state index >= 15 is 0 Å². The minimum atomic E-state index is -0.441. The van der Waals surface area contributed by atoms with Gasteiger partial charge in [0.25, 0.3) is 5.69 Å². The molecule has 9 heteroatoms. The van der Waals surface area contributed by atoms with Gasteiger partial charge < -0.3 is 9.47 Å². The van der Waals surface area contributed by atoms with Crippen molar-refractivity contribution in [2.45, 2.75) is 45.1 Å². The van der Waals surface area contributed by atoms with Crippen molar-refractivity contribution in [1.82, 2.24) is 19.7 Å². The molecule has 0 spiro atoms. The third kappa shape index (κ3) is 4.24. The molecule has 27 heavy (non-hydrogen) atoms. The number of aromatic nitrogens is 3. The van der Waals surface area contributed by atoms with E-state index in [2.05, 4.69) is 24.0 Å². The molecule has 0 unspecified atom stereocenters. The van der Waals surface area contributed by atoms with E-state index in [4.69, 9.17) is 12.2 Å². The van der Waals surface area contributed by atoms with Crippen molar-refractivity contribution in [1.29, 1.82) is 0 Å². The molecule has 0 bridgehead atoms. The molecule has 1 saturated heterocycles. The summed E-state index contributed by atoms with van der Waals surface area (Å²) in [5.41, 5.74) is 0.819. The molecule has 1 N–H and O–H groups in total. The highest BCUT2D eigenvalue weighted by Gasteiger charge is 2.27. The summed E-state index contributed by atoms with van der Waals surface area (Å²) in [6.45, 7) is 5.51. The van der Waals surface area contributed by atoms with Crippen molar-refractivity contribution in [2.75, 3.05) is 13.1 Å². The Hall–Kier alpha value is -2.55. The summed E-state index contributed by atoms with van der Waals surface area (Å²) in [5.74, 6) is 1.30. The maximum Gasteiger partial charge on any atom is 0.269 e. The predicted molar refractivity (Wildman–Crippen MR) is 103 cm³/mol. The number of nitro groups is 1. The van der Waals surface area contributed by atoms with Crippen molar-refractivity contribution in [3.8, 4) is 0 Å². The molecule has 1 aromatic carbocycles. The maximum atomic E-state index is 12.6. The summed E-state index contributed by atoms with van der Waals surface area (Å²) in [5, 5.41) is 18.0. The van der Waals surface area contributed by atoms with Gasteiger partial charge in [-0.05, 0) is 44.5 Å². The molecule has 144 valence electrons. The van der Waals surface area contributed by atoms with Crippen LogP contribution >= 0.6 is 12.2 Å². The van der Waals surface area contributed by atoms with Crippen molar-refractivity contribution in [3.63, 3.8) is 0 Å². The van der Waals surface area contributed by atoms with Gasteiger partial charge in [-0.2, -0.15) is 5.10 Å². The quantitative estimate of drug-likeness (QED) is 0.480. The largest absolute Gasteiger partial charge is 0.342 e. The standard InChI is InChI=1S/C18H23N5O3S/c1-12(2)22-17(19-20-18(22)27)14-7-9-21(10-8-14)16(24)11-13-3-5-15(6-4-13)23(25)26/h3-6,12,14H,7-11H2,1-2H3,(H,20,27). The predicted octanol–water partition coefficient (Wildman–Crippen LogP) is 3.38. The number of carbonyl (C=O) groups is 1. The number of benzene rings is 1. The molecule has 1 aliphatic heterocycles. The topological polar surface area (TPSA) is 97.1 Å². The average molecular weight is 389 g/mol. The molecule has 1 fully saturated rings. The molecule has 2 heterocycles. The number of rotatable bonds is 5. The highest BCUT2D eigenvalue weighted by Crippen LogP contribution is 2.28. The Balaban J connectivity index is 1.59. The zero-order valence-electron chi connectivity index (χ0n) is 15.4. The van der Waals surface area contributed by atoms with Crippen molar-refractivity contribution in [3.05, 3.63) is 50.5 Å². The number of non-ortho nitro benzene ring substituents is 1. The smallest absolute Gasteiger partial charge is 0.269 e. The van der Waals surface area contributed by atoms with Crippen LogP contribution in [0.1, 0.15) is 50.0 Å². The van der Waals surface area contributed by atoms with Crippen LogP contribution in [0.25, 0.3) is 0 Å². The maximum absolute atomic E-state index is 12.6.